The summed E-state index contributed by atoms with van der Waals surface area (Å²) in [6, 6.07) is 1.62. The van der Waals surface area contributed by atoms with Crippen molar-refractivity contribution in [3.05, 3.63) is 11.6 Å². The number of phosphoric ester groups is 1. The largest absolute Gasteiger partial charge is 0.647 e. The van der Waals surface area contributed by atoms with Crippen LogP contribution >= 0.6 is 7.82 Å². The standard InChI is InChI=1S/C8H8NO4P/c1-2-4-5(9)3-6-8-7(4)12-14(10,11-6)13-8/h3H,2,9H2,1H3. The topological polar surface area (TPSA) is 70.8 Å². The molecule has 74 valence electrons. The highest BCUT2D eigenvalue weighted by atomic mass is 31.2. The molecule has 1 aromatic carbocycles. The average Bonchev–Trinajstić information content (AvgIpc) is 2.57. The van der Waals surface area contributed by atoms with Gasteiger partial charge >= 0.3 is 7.82 Å². The number of hydrogen-bond donors (Lipinski definition) is 1. The second-order valence-electron chi connectivity index (χ2n) is 3.18. The van der Waals surface area contributed by atoms with E-state index in [-0.39, 0.29) is 0 Å². The average molecular weight is 213 g/mol. The van der Waals surface area contributed by atoms with E-state index in [1.807, 2.05) is 6.92 Å². The number of rotatable bonds is 1. The van der Waals surface area contributed by atoms with Crippen LogP contribution in [0.1, 0.15) is 12.5 Å². The summed E-state index contributed by atoms with van der Waals surface area (Å²) in [5.74, 6) is 1.33. The van der Waals surface area contributed by atoms with Crippen LogP contribution in [0.5, 0.6) is 17.2 Å². The normalized spacial score (nSPS) is 25.5. The monoisotopic (exact) mass is 213 g/mol. The summed E-state index contributed by atoms with van der Waals surface area (Å²) >= 11 is 0. The molecule has 0 saturated carbocycles. The van der Waals surface area contributed by atoms with Gasteiger partial charge in [0.15, 0.2) is 11.5 Å². The number of phosphoric acid groups is 1. The molecule has 0 radical (unpaired) electrons. The van der Waals surface area contributed by atoms with Crippen molar-refractivity contribution in [2.75, 3.05) is 5.73 Å². The molecule has 5 nitrogen and oxygen atoms in total. The van der Waals surface area contributed by atoms with Gasteiger partial charge in [-0.05, 0) is 6.42 Å². The maximum Gasteiger partial charge on any atom is 0.647 e. The lowest BCUT2D eigenvalue weighted by Crippen LogP contribution is -2.02. The Morgan fingerprint density at radius 2 is 2.07 bits per heavy atom. The molecule has 0 amide bonds. The Balaban J connectivity index is 2.33. The Morgan fingerprint density at radius 1 is 1.36 bits per heavy atom. The molecule has 0 aromatic heterocycles. The third kappa shape index (κ3) is 0.780. The van der Waals surface area contributed by atoms with Crippen LogP contribution < -0.4 is 19.3 Å². The SMILES string of the molecule is CCc1c(N)cc2c3c1OP(=O)(O2)O3. The highest BCUT2D eigenvalue weighted by molar-refractivity contribution is 7.50. The lowest BCUT2D eigenvalue weighted by Gasteiger charge is -2.13. The minimum Gasteiger partial charge on any atom is -0.398 e. The van der Waals surface area contributed by atoms with Crippen molar-refractivity contribution < 1.29 is 18.1 Å². The van der Waals surface area contributed by atoms with Crippen LogP contribution in [0.15, 0.2) is 6.07 Å². The zero-order chi connectivity index (χ0) is 9.92. The zero-order valence-electron chi connectivity index (χ0n) is 7.44. The van der Waals surface area contributed by atoms with Crippen molar-refractivity contribution in [3.8, 4) is 17.2 Å². The van der Waals surface area contributed by atoms with Gasteiger partial charge in [0.1, 0.15) is 0 Å². The van der Waals surface area contributed by atoms with Gasteiger partial charge in [0.25, 0.3) is 0 Å². The fourth-order valence-electron chi connectivity index (χ4n) is 1.69. The van der Waals surface area contributed by atoms with E-state index in [1.54, 1.807) is 6.07 Å². The summed E-state index contributed by atoms with van der Waals surface area (Å²) in [7, 11) is -3.36. The van der Waals surface area contributed by atoms with Gasteiger partial charge in [-0.25, -0.2) is 0 Å². The first-order valence-corrected chi connectivity index (χ1v) is 5.73. The minimum absolute atomic E-state index is 0.421. The van der Waals surface area contributed by atoms with Crippen LogP contribution in [0, 0.1) is 0 Å². The molecule has 0 spiro atoms. The van der Waals surface area contributed by atoms with Crippen molar-refractivity contribution >= 4 is 13.5 Å². The third-order valence-electron chi connectivity index (χ3n) is 2.31. The summed E-state index contributed by atoms with van der Waals surface area (Å²) in [6.45, 7) is 1.95. The van der Waals surface area contributed by atoms with Gasteiger partial charge in [0.05, 0.1) is 0 Å². The smallest absolute Gasteiger partial charge is 0.398 e. The van der Waals surface area contributed by atoms with Crippen molar-refractivity contribution in [1.29, 1.82) is 0 Å². The van der Waals surface area contributed by atoms with E-state index in [9.17, 15) is 4.57 Å². The Hall–Kier alpha value is -1.35. The van der Waals surface area contributed by atoms with Crippen LogP contribution in [0.25, 0.3) is 0 Å². The Labute approximate surface area is 80.4 Å². The second kappa shape index (κ2) is 2.17. The number of nitrogens with two attached hydrogens (primary N) is 1. The number of hydrogen-bond acceptors (Lipinski definition) is 5. The summed E-state index contributed by atoms with van der Waals surface area (Å²) < 4.78 is 26.7. The van der Waals surface area contributed by atoms with Crippen LogP contribution in [0.2, 0.25) is 0 Å². The lowest BCUT2D eigenvalue weighted by atomic mass is 10.1. The molecule has 14 heavy (non-hydrogen) atoms. The van der Waals surface area contributed by atoms with E-state index >= 15 is 0 Å². The molecule has 2 bridgehead atoms. The van der Waals surface area contributed by atoms with E-state index in [2.05, 4.69) is 0 Å². The summed E-state index contributed by atoms with van der Waals surface area (Å²) in [6.07, 6.45) is 0.706. The molecule has 0 aliphatic carbocycles. The van der Waals surface area contributed by atoms with Gasteiger partial charge in [-0.3, -0.25) is 0 Å². The minimum atomic E-state index is -3.36. The van der Waals surface area contributed by atoms with E-state index in [0.717, 1.165) is 5.56 Å². The summed E-state index contributed by atoms with van der Waals surface area (Å²) in [4.78, 5) is 0. The van der Waals surface area contributed by atoms with Gasteiger partial charge in [-0.1, -0.05) is 6.92 Å². The molecule has 1 unspecified atom stereocenters. The molecule has 0 saturated heterocycles. The van der Waals surface area contributed by atoms with Crippen LogP contribution in [0.3, 0.4) is 0 Å². The van der Waals surface area contributed by atoms with E-state index in [1.165, 1.54) is 0 Å². The van der Waals surface area contributed by atoms with Crippen molar-refractivity contribution in [3.63, 3.8) is 0 Å². The van der Waals surface area contributed by atoms with Crippen LogP contribution in [-0.4, -0.2) is 0 Å². The Morgan fingerprint density at radius 3 is 2.71 bits per heavy atom. The second-order valence-corrected chi connectivity index (χ2v) is 4.62. The number of benzene rings is 1. The summed E-state index contributed by atoms with van der Waals surface area (Å²) in [5.41, 5.74) is 7.17. The highest BCUT2D eigenvalue weighted by Gasteiger charge is 2.51. The van der Waals surface area contributed by atoms with E-state index < -0.39 is 7.82 Å². The molecule has 2 aliphatic rings. The molecular formula is C8H8NO4P. The maximum absolute atomic E-state index is 11.6. The molecular weight excluding hydrogens is 205 g/mol. The fourth-order valence-corrected chi connectivity index (χ4v) is 2.99. The van der Waals surface area contributed by atoms with E-state index in [4.69, 9.17) is 19.3 Å². The van der Waals surface area contributed by atoms with Gasteiger partial charge in [-0.15, -0.1) is 0 Å². The molecule has 3 rings (SSSR count). The van der Waals surface area contributed by atoms with E-state index in [0.29, 0.717) is 29.4 Å². The lowest BCUT2D eigenvalue weighted by molar-refractivity contribution is 0.353. The predicted octanol–water partition coefficient (Wildman–Crippen LogP) is 2.10. The quantitative estimate of drug-likeness (QED) is 0.571. The highest BCUT2D eigenvalue weighted by Crippen LogP contribution is 2.70. The molecule has 1 atom stereocenters. The first-order valence-electron chi connectivity index (χ1n) is 4.27. The first kappa shape index (κ1) is 8.00. The van der Waals surface area contributed by atoms with Crippen molar-refractivity contribution in [2.45, 2.75) is 13.3 Å². The first-order chi connectivity index (χ1) is 6.63. The van der Waals surface area contributed by atoms with Crippen LogP contribution in [0.4, 0.5) is 5.69 Å². The molecule has 2 aliphatic heterocycles. The van der Waals surface area contributed by atoms with Gasteiger partial charge in [-0.2, -0.15) is 4.57 Å². The van der Waals surface area contributed by atoms with Gasteiger partial charge < -0.3 is 19.3 Å². The van der Waals surface area contributed by atoms with Gasteiger partial charge in [0, 0.05) is 17.3 Å². The van der Waals surface area contributed by atoms with Crippen LogP contribution in [-0.2, 0) is 11.0 Å². The molecule has 1 aromatic rings. The van der Waals surface area contributed by atoms with Crippen molar-refractivity contribution in [1.82, 2.24) is 0 Å². The molecule has 6 heteroatoms. The zero-order valence-corrected chi connectivity index (χ0v) is 8.34. The third-order valence-corrected chi connectivity index (χ3v) is 3.54. The fraction of sp³-hybridized carbons (Fsp3) is 0.250. The Kier molecular flexibility index (Phi) is 1.24. The number of fused-ring (bicyclic) bond motifs is 1. The Bertz CT molecular complexity index is 485. The van der Waals surface area contributed by atoms with Crippen molar-refractivity contribution in [2.24, 2.45) is 0 Å². The molecule has 2 N–H and O–H groups in total. The maximum atomic E-state index is 11.6. The van der Waals surface area contributed by atoms with Gasteiger partial charge in [0.2, 0.25) is 5.75 Å². The molecule has 2 heterocycles. The number of nitrogen functional groups attached to an aromatic ring is 1. The molecule has 0 fully saturated rings. The summed E-state index contributed by atoms with van der Waals surface area (Å²) in [5, 5.41) is 0. The number of anilines is 1. The predicted molar refractivity (Wildman–Crippen MR) is 49.7 cm³/mol.